The summed E-state index contributed by atoms with van der Waals surface area (Å²) < 4.78 is 107. The van der Waals surface area contributed by atoms with Gasteiger partial charge in [-0.3, -0.25) is 0 Å². The van der Waals surface area contributed by atoms with Gasteiger partial charge in [0, 0.05) is 63.8 Å². The fourth-order valence-electron chi connectivity index (χ4n) is 3.36. The topological polar surface area (TPSA) is 0 Å². The molecule has 0 unspecified atom stereocenters. The molecule has 0 N–H and O–H groups in total. The van der Waals surface area contributed by atoms with Gasteiger partial charge in [0.05, 0.1) is 0 Å². The maximum atomic E-state index is 13.5. The summed E-state index contributed by atoms with van der Waals surface area (Å²) in [6, 6.07) is 13.3. The Kier molecular flexibility index (Phi) is 19.5. The summed E-state index contributed by atoms with van der Waals surface area (Å²) >= 11 is 25.3. The number of hydrogen-bond donors (Lipinski definition) is 0. The van der Waals surface area contributed by atoms with Gasteiger partial charge in [-0.1, -0.05) is 24.3 Å². The summed E-state index contributed by atoms with van der Waals surface area (Å²) in [5.74, 6) is -4.26. The van der Waals surface area contributed by atoms with E-state index in [1.54, 1.807) is 0 Å². The third-order valence-corrected chi connectivity index (χ3v) is 12.8. The Bertz CT molecular complexity index is 1530. The number of halogens is 8. The molecule has 0 bridgehead atoms. The predicted molar refractivity (Wildman–Crippen MR) is 194 cm³/mol. The summed E-state index contributed by atoms with van der Waals surface area (Å²) in [6.07, 6.45) is 0. The van der Waals surface area contributed by atoms with Crippen molar-refractivity contribution >= 4 is 97.6 Å². The van der Waals surface area contributed by atoms with E-state index in [2.05, 4.69) is 0 Å². The van der Waals surface area contributed by atoms with E-state index in [0.29, 0.717) is 39.2 Å². The molecule has 0 saturated carbocycles. The first-order valence-electron chi connectivity index (χ1n) is 13.2. The van der Waals surface area contributed by atoms with Gasteiger partial charge in [0.2, 0.25) is 0 Å². The summed E-state index contributed by atoms with van der Waals surface area (Å²) in [6.45, 7) is 0. The van der Waals surface area contributed by atoms with Crippen molar-refractivity contribution in [3.8, 4) is 0 Å². The minimum atomic E-state index is -0.642. The van der Waals surface area contributed by atoms with E-state index < -0.39 is 46.5 Å². The fourth-order valence-corrected chi connectivity index (χ4v) is 8.04. The van der Waals surface area contributed by atoms with Crippen LogP contribution in [0.1, 0.15) is 22.3 Å². The molecular formula is C32H20F8NiS8-4. The number of rotatable bonds is 12. The normalized spacial score (nSPS) is 11.9. The molecule has 4 aromatic carbocycles. The van der Waals surface area contributed by atoms with Crippen molar-refractivity contribution in [1.82, 2.24) is 0 Å². The van der Waals surface area contributed by atoms with Crippen molar-refractivity contribution in [1.29, 1.82) is 0 Å². The fraction of sp³-hybridized carbons (Fsp3) is 0.125. The van der Waals surface area contributed by atoms with Crippen molar-refractivity contribution in [2.24, 2.45) is 0 Å². The molecule has 4 rings (SSSR count). The molecule has 17 heteroatoms. The molecule has 0 amide bonds. The zero-order valence-corrected chi connectivity index (χ0v) is 31.9. The molecule has 0 atom stereocenters. The Morgan fingerprint density at radius 3 is 0.714 bits per heavy atom. The smallest absolute Gasteiger partial charge is 0.130 e. The van der Waals surface area contributed by atoms with E-state index in [1.165, 1.54) is 48.5 Å². The van der Waals surface area contributed by atoms with Gasteiger partial charge < -0.3 is 50.5 Å². The van der Waals surface area contributed by atoms with Crippen LogP contribution >= 0.6 is 47.0 Å². The predicted octanol–water partition coefficient (Wildman–Crippen LogP) is 11.3. The molecule has 0 heterocycles. The maximum absolute atomic E-state index is 13.5. The Labute approximate surface area is 328 Å². The first-order chi connectivity index (χ1) is 22.7. The van der Waals surface area contributed by atoms with Crippen LogP contribution in [-0.2, 0) is 90.0 Å². The van der Waals surface area contributed by atoms with Crippen LogP contribution in [0.2, 0.25) is 0 Å². The Balaban J connectivity index is 0.000000333. The van der Waals surface area contributed by atoms with E-state index in [9.17, 15) is 35.1 Å². The molecular weight excluding hydrogens is 852 g/mol. The molecule has 0 aliphatic heterocycles. The monoisotopic (exact) mass is 870 g/mol. The van der Waals surface area contributed by atoms with Crippen LogP contribution in [0.3, 0.4) is 0 Å². The summed E-state index contributed by atoms with van der Waals surface area (Å²) in [5.41, 5.74) is 1.28. The number of thioether (sulfide) groups is 4. The van der Waals surface area contributed by atoms with E-state index >= 15 is 0 Å². The summed E-state index contributed by atoms with van der Waals surface area (Å²) in [5, 5.41) is 0. The van der Waals surface area contributed by atoms with Crippen molar-refractivity contribution in [2.45, 2.75) is 23.0 Å². The van der Waals surface area contributed by atoms with Crippen LogP contribution in [0.25, 0.3) is 0 Å². The van der Waals surface area contributed by atoms with Crippen LogP contribution in [0.4, 0.5) is 35.1 Å². The minimum Gasteiger partial charge on any atom is -0.774 e. The van der Waals surface area contributed by atoms with Gasteiger partial charge in [-0.05, 0) is 46.5 Å². The maximum Gasteiger partial charge on any atom is 0.130 e. The van der Waals surface area contributed by atoms with Crippen LogP contribution in [0, 0.1) is 46.5 Å². The minimum absolute atomic E-state index is 0. The standard InChI is InChI=1S/2C16H12F4S4.Ni/c2*17-11-3-1-9(13(19)5-11)7-23-15(21)16(22)24-8-10-2-4-12(18)6-14(10)20;/h2*1-6,21-22H,7-8H2;/p-4/b2*16-15-;. The zero-order chi connectivity index (χ0) is 35.4. The quantitative estimate of drug-likeness (QED) is 0.0775. The summed E-state index contributed by atoms with van der Waals surface area (Å²) in [4.78, 5) is 0. The van der Waals surface area contributed by atoms with Crippen molar-refractivity contribution in [3.05, 3.63) is 159 Å². The number of hydrogen-bond acceptors (Lipinski definition) is 8. The first-order valence-corrected chi connectivity index (χ1v) is 18.7. The Hall–Kier alpha value is -1.43. The van der Waals surface area contributed by atoms with Gasteiger partial charge in [-0.25, -0.2) is 35.1 Å². The second-order valence-corrected chi connectivity index (χ2v) is 15.9. The molecule has 0 aliphatic carbocycles. The average Bonchev–Trinajstić information content (AvgIpc) is 3.03. The van der Waals surface area contributed by atoms with E-state index in [0.717, 1.165) is 71.3 Å². The molecule has 0 aliphatic rings. The van der Waals surface area contributed by atoms with Gasteiger partial charge >= 0.3 is 0 Å². The molecule has 0 fully saturated rings. The average molecular weight is 872 g/mol. The van der Waals surface area contributed by atoms with Gasteiger partial charge in [0.15, 0.2) is 0 Å². The van der Waals surface area contributed by atoms with Crippen LogP contribution in [0.15, 0.2) is 89.7 Å². The number of benzene rings is 4. The molecule has 0 radical (unpaired) electrons. The van der Waals surface area contributed by atoms with Gasteiger partial charge in [0.1, 0.15) is 46.5 Å². The molecule has 0 saturated heterocycles. The Morgan fingerprint density at radius 1 is 0.367 bits per heavy atom. The molecule has 49 heavy (non-hydrogen) atoms. The molecule has 4 aromatic rings. The molecule has 0 spiro atoms. The van der Waals surface area contributed by atoms with Crippen molar-refractivity contribution in [3.63, 3.8) is 0 Å². The summed E-state index contributed by atoms with van der Waals surface area (Å²) in [7, 11) is 0. The molecule has 266 valence electrons. The van der Waals surface area contributed by atoms with Gasteiger partial charge in [-0.2, -0.15) is 64.0 Å². The van der Waals surface area contributed by atoms with E-state index in [1.807, 2.05) is 0 Å². The van der Waals surface area contributed by atoms with Crippen LogP contribution < -0.4 is 0 Å². The second-order valence-electron chi connectivity index (χ2n) is 9.25. The van der Waals surface area contributed by atoms with Gasteiger partial charge in [0.25, 0.3) is 0 Å². The van der Waals surface area contributed by atoms with Crippen LogP contribution in [-0.4, -0.2) is 0 Å². The third-order valence-electron chi connectivity index (χ3n) is 5.83. The first kappa shape index (κ1) is 43.7. The van der Waals surface area contributed by atoms with Crippen LogP contribution in [0.5, 0.6) is 0 Å². The van der Waals surface area contributed by atoms with Crippen molar-refractivity contribution in [2.75, 3.05) is 0 Å². The largest absolute Gasteiger partial charge is 0.774 e. The van der Waals surface area contributed by atoms with E-state index in [-0.39, 0.29) is 39.5 Å². The third kappa shape index (κ3) is 15.0. The molecule has 0 nitrogen and oxygen atoms in total. The van der Waals surface area contributed by atoms with Crippen molar-refractivity contribution < 1.29 is 51.6 Å². The Morgan fingerprint density at radius 2 is 0.551 bits per heavy atom. The molecule has 0 aromatic heterocycles. The second kappa shape index (κ2) is 21.8. The zero-order valence-electron chi connectivity index (χ0n) is 24.4. The SMILES string of the molecule is Fc1ccc(CS/C([S-])=C(/[S-])SCc2ccc(F)cc2F)c(F)c1.Fc1ccc(CS/C([S-])=C(/[S-])SCc2ccc(F)cc2F)c(F)c1.[Ni]. The van der Waals surface area contributed by atoms with E-state index in [4.69, 9.17) is 50.5 Å². The van der Waals surface area contributed by atoms with Gasteiger partial charge in [-0.15, -0.1) is 0 Å².